The van der Waals surface area contributed by atoms with Crippen LogP contribution in [0.15, 0.2) is 0 Å². The fraction of sp³-hybridized carbons (Fsp3) is 0.333. The van der Waals surface area contributed by atoms with Crippen molar-refractivity contribution in [3.63, 3.8) is 0 Å². The van der Waals surface area contributed by atoms with Gasteiger partial charge >= 0.3 is 71.2 Å². The van der Waals surface area contributed by atoms with E-state index in [0.29, 0.717) is 0 Å². The average molecular weight is 166 g/mol. The molecular formula is C3H8N2Na2O3. The summed E-state index contributed by atoms with van der Waals surface area (Å²) in [4.78, 5) is 19.7. The van der Waals surface area contributed by atoms with Gasteiger partial charge in [-0.05, 0) is 0 Å². The second-order valence-electron chi connectivity index (χ2n) is 0.997. The summed E-state index contributed by atoms with van der Waals surface area (Å²) in [6.45, 7) is -0.330. The minimum atomic E-state index is -1.12. The Balaban J connectivity index is -0.000000245. The number of hydrogen-bond acceptors (Lipinski definition) is 4. The molecular weight excluding hydrogens is 158 g/mol. The summed E-state index contributed by atoms with van der Waals surface area (Å²) in [5.41, 5.74) is 9.17. The van der Waals surface area contributed by atoms with Crippen LogP contribution in [0.5, 0.6) is 0 Å². The number of rotatable bonds is 1. The van der Waals surface area contributed by atoms with Crippen molar-refractivity contribution in [1.82, 2.24) is 0 Å². The summed E-state index contributed by atoms with van der Waals surface area (Å²) < 4.78 is 3.77. The molecule has 5 nitrogen and oxygen atoms in total. The molecule has 0 spiro atoms. The summed E-state index contributed by atoms with van der Waals surface area (Å²) in [6.07, 6.45) is -1.12. The van der Waals surface area contributed by atoms with Crippen LogP contribution in [0.25, 0.3) is 0 Å². The van der Waals surface area contributed by atoms with E-state index in [9.17, 15) is 9.59 Å². The van der Waals surface area contributed by atoms with Gasteiger partial charge in [0, 0.05) is 0 Å². The number of carbonyl (C=O) groups excluding carboxylic acids is 2. The molecule has 0 fully saturated rings. The molecule has 0 saturated carbocycles. The second-order valence-corrected chi connectivity index (χ2v) is 0.997. The Bertz CT molecular complexity index is 118. The molecule has 1 amide bonds. The fourth-order valence-electron chi connectivity index (χ4n) is 0.154. The Labute approximate surface area is 102 Å². The van der Waals surface area contributed by atoms with E-state index in [4.69, 9.17) is 5.73 Å². The first-order valence-electron chi connectivity index (χ1n) is 1.87. The summed E-state index contributed by atoms with van der Waals surface area (Å²) in [5, 5.41) is 0. The van der Waals surface area contributed by atoms with E-state index in [1.807, 2.05) is 0 Å². The van der Waals surface area contributed by atoms with Gasteiger partial charge in [-0.25, -0.2) is 4.79 Å². The van der Waals surface area contributed by atoms with Crippen molar-refractivity contribution in [2.75, 3.05) is 6.54 Å². The van der Waals surface area contributed by atoms with E-state index in [0.717, 1.165) is 0 Å². The quantitative estimate of drug-likeness (QED) is 0.251. The summed E-state index contributed by atoms with van der Waals surface area (Å²) in [5.74, 6) is -0.822. The van der Waals surface area contributed by atoms with E-state index in [-0.39, 0.29) is 65.7 Å². The van der Waals surface area contributed by atoms with Gasteiger partial charge in [-0.15, -0.1) is 0 Å². The van der Waals surface area contributed by atoms with Crippen LogP contribution >= 0.6 is 0 Å². The molecule has 0 aliphatic rings. The van der Waals surface area contributed by atoms with E-state index in [2.05, 4.69) is 10.5 Å². The molecule has 0 aromatic carbocycles. The average Bonchev–Trinajstić information content (AvgIpc) is 1.65. The van der Waals surface area contributed by atoms with Gasteiger partial charge in [0.05, 0.1) is 6.54 Å². The number of nitrogens with two attached hydrogens (primary N) is 2. The monoisotopic (exact) mass is 166 g/mol. The van der Waals surface area contributed by atoms with Gasteiger partial charge < -0.3 is 16.2 Å². The third kappa shape index (κ3) is 11.7. The first-order chi connectivity index (χ1) is 3.66. The Morgan fingerprint density at radius 3 is 1.80 bits per heavy atom. The second kappa shape index (κ2) is 9.90. The summed E-state index contributed by atoms with van der Waals surface area (Å²) in [6, 6.07) is 0. The molecule has 4 N–H and O–H groups in total. The molecule has 7 heteroatoms. The van der Waals surface area contributed by atoms with Crippen molar-refractivity contribution < 1.29 is 14.3 Å². The van der Waals surface area contributed by atoms with Crippen LogP contribution in [-0.2, 0) is 9.53 Å². The predicted molar refractivity (Wildman–Crippen MR) is 39.0 cm³/mol. The van der Waals surface area contributed by atoms with E-state index < -0.39 is 12.1 Å². The van der Waals surface area contributed by atoms with Gasteiger partial charge in [0.1, 0.15) is 0 Å². The maximum absolute atomic E-state index is 9.97. The molecule has 0 aromatic rings. The van der Waals surface area contributed by atoms with Crippen LogP contribution in [0.2, 0.25) is 0 Å². The molecule has 0 atom stereocenters. The van der Waals surface area contributed by atoms with Crippen LogP contribution in [0.3, 0.4) is 0 Å². The van der Waals surface area contributed by atoms with E-state index in [1.165, 1.54) is 0 Å². The summed E-state index contributed by atoms with van der Waals surface area (Å²) in [7, 11) is 0. The Morgan fingerprint density at radius 2 is 1.70 bits per heavy atom. The fourth-order valence-corrected chi connectivity index (χ4v) is 0.154. The maximum atomic E-state index is 9.97. The number of ether oxygens (including phenoxy) is 1. The first-order valence-corrected chi connectivity index (χ1v) is 1.87. The molecule has 0 aliphatic heterocycles. The van der Waals surface area contributed by atoms with Gasteiger partial charge in [0.2, 0.25) is 0 Å². The van der Waals surface area contributed by atoms with Crippen LogP contribution in [0.1, 0.15) is 0 Å². The van der Waals surface area contributed by atoms with Crippen molar-refractivity contribution in [2.45, 2.75) is 0 Å². The topological polar surface area (TPSA) is 95.4 Å². The Kier molecular flexibility index (Phi) is 16.9. The molecule has 0 radical (unpaired) electrons. The van der Waals surface area contributed by atoms with Gasteiger partial charge in [-0.2, -0.15) is 0 Å². The SMILES string of the molecule is NCC(=O)OC(N)=O.[NaH].[NaH]. The van der Waals surface area contributed by atoms with Crippen LogP contribution in [0, 0.1) is 0 Å². The Morgan fingerprint density at radius 1 is 1.30 bits per heavy atom. The Hall–Kier alpha value is 0.900. The van der Waals surface area contributed by atoms with E-state index in [1.54, 1.807) is 0 Å². The molecule has 10 heavy (non-hydrogen) atoms. The van der Waals surface area contributed by atoms with Gasteiger partial charge in [0.25, 0.3) is 0 Å². The zero-order valence-electron chi connectivity index (χ0n) is 4.09. The zero-order chi connectivity index (χ0) is 6.57. The van der Waals surface area contributed by atoms with Crippen molar-refractivity contribution in [3.8, 4) is 0 Å². The molecule has 0 rings (SSSR count). The zero-order valence-corrected chi connectivity index (χ0v) is 4.09. The standard InChI is InChI=1S/C3H6N2O3.2Na.2H/c4-1-2(6)8-3(5)7;;;;/h1,4H2,(H2,5,7);;;;. The third-order valence-corrected chi connectivity index (χ3v) is 0.381. The number of amides is 1. The van der Waals surface area contributed by atoms with Crippen LogP contribution in [0.4, 0.5) is 4.79 Å². The normalized spacial score (nSPS) is 6.50. The van der Waals surface area contributed by atoms with Crippen molar-refractivity contribution in [3.05, 3.63) is 0 Å². The third-order valence-electron chi connectivity index (χ3n) is 0.381. The number of primary amides is 1. The van der Waals surface area contributed by atoms with Crippen LogP contribution in [-0.4, -0.2) is 77.7 Å². The van der Waals surface area contributed by atoms with Gasteiger partial charge in [0.15, 0.2) is 0 Å². The number of esters is 1. The molecule has 0 unspecified atom stereocenters. The van der Waals surface area contributed by atoms with E-state index >= 15 is 0 Å². The minimum absolute atomic E-state index is 0. The predicted octanol–water partition coefficient (Wildman–Crippen LogP) is -2.73. The molecule has 0 saturated heterocycles. The molecule has 0 heterocycles. The molecule has 0 bridgehead atoms. The van der Waals surface area contributed by atoms with Gasteiger partial charge in [-0.3, -0.25) is 4.79 Å². The molecule has 0 aromatic heterocycles. The molecule has 50 valence electrons. The van der Waals surface area contributed by atoms with Crippen molar-refractivity contribution in [1.29, 1.82) is 0 Å². The number of hydrogen-bond donors (Lipinski definition) is 2. The van der Waals surface area contributed by atoms with Crippen LogP contribution < -0.4 is 11.5 Å². The summed E-state index contributed by atoms with van der Waals surface area (Å²) >= 11 is 0. The van der Waals surface area contributed by atoms with Gasteiger partial charge in [-0.1, -0.05) is 0 Å². The van der Waals surface area contributed by atoms with Crippen molar-refractivity contribution in [2.24, 2.45) is 11.5 Å². The first kappa shape index (κ1) is 17.1. The molecule has 0 aliphatic carbocycles. The van der Waals surface area contributed by atoms with Crippen molar-refractivity contribution >= 4 is 71.2 Å². The number of carbonyl (C=O) groups is 2.